The van der Waals surface area contributed by atoms with Crippen molar-refractivity contribution < 1.29 is 24.2 Å². The van der Waals surface area contributed by atoms with Crippen molar-refractivity contribution in [3.05, 3.63) is 59.7 Å². The lowest BCUT2D eigenvalue weighted by Gasteiger charge is -2.22. The van der Waals surface area contributed by atoms with Crippen LogP contribution in [0.25, 0.3) is 11.1 Å². The Hall–Kier alpha value is -3.00. The Balaban J connectivity index is 1.29. The average molecular weight is 497 g/mol. The molecule has 2 aromatic rings. The largest absolute Gasteiger partial charge is 0.480 e. The summed E-state index contributed by atoms with van der Waals surface area (Å²) in [5.74, 6) is -0.943. The maximum Gasteiger partial charge on any atom is 0.407 e. The van der Waals surface area contributed by atoms with E-state index < -0.39 is 18.1 Å². The van der Waals surface area contributed by atoms with E-state index in [1.54, 1.807) is 11.8 Å². The molecule has 0 unspecified atom stereocenters. The van der Waals surface area contributed by atoms with Crippen molar-refractivity contribution in [3.63, 3.8) is 0 Å². The maximum atomic E-state index is 12.8. The number of benzene rings is 2. The van der Waals surface area contributed by atoms with E-state index in [0.717, 1.165) is 24.0 Å². The number of carbonyl (C=O) groups excluding carboxylic acids is 2. The molecule has 7 nitrogen and oxygen atoms in total. The lowest BCUT2D eigenvalue weighted by Crippen LogP contribution is -2.46. The van der Waals surface area contributed by atoms with E-state index >= 15 is 0 Å². The summed E-state index contributed by atoms with van der Waals surface area (Å²) in [6.07, 6.45) is 4.17. The summed E-state index contributed by atoms with van der Waals surface area (Å²) in [7, 11) is 0. The van der Waals surface area contributed by atoms with Crippen LogP contribution in [0.1, 0.15) is 42.7 Å². The quantitative estimate of drug-likeness (QED) is 0.454. The molecule has 0 spiro atoms. The number of carboxylic acid groups (broad SMARTS) is 1. The minimum atomic E-state index is -1.02. The molecule has 2 aliphatic carbocycles. The van der Waals surface area contributed by atoms with Gasteiger partial charge in [-0.1, -0.05) is 55.0 Å². The van der Waals surface area contributed by atoms with Crippen LogP contribution < -0.4 is 10.6 Å². The number of rotatable bonds is 10. The van der Waals surface area contributed by atoms with Gasteiger partial charge in [0.15, 0.2) is 0 Å². The van der Waals surface area contributed by atoms with Crippen LogP contribution in [0.5, 0.6) is 0 Å². The van der Waals surface area contributed by atoms with Crippen LogP contribution in [0, 0.1) is 11.8 Å². The number of nitrogens with one attached hydrogen (secondary N) is 2. The summed E-state index contributed by atoms with van der Waals surface area (Å²) in [6, 6.07) is 15.5. The lowest BCUT2D eigenvalue weighted by molar-refractivity contribution is -0.142. The number of hydrogen-bond acceptors (Lipinski definition) is 5. The van der Waals surface area contributed by atoms with Gasteiger partial charge in [0.05, 0.1) is 0 Å². The third kappa shape index (κ3) is 5.81. The number of fused-ring (bicyclic) bond motifs is 3. The first-order valence-electron chi connectivity index (χ1n) is 12.1. The van der Waals surface area contributed by atoms with Crippen molar-refractivity contribution in [2.24, 2.45) is 11.8 Å². The Morgan fingerprint density at radius 2 is 1.71 bits per heavy atom. The first kappa shape index (κ1) is 25.1. The molecule has 2 aliphatic rings. The number of alkyl carbamates (subject to hydrolysis) is 1. The molecule has 2 amide bonds. The van der Waals surface area contributed by atoms with Gasteiger partial charge in [-0.2, -0.15) is 11.8 Å². The van der Waals surface area contributed by atoms with Gasteiger partial charge < -0.3 is 20.5 Å². The molecule has 1 fully saturated rings. The highest BCUT2D eigenvalue weighted by Crippen LogP contribution is 2.44. The van der Waals surface area contributed by atoms with Crippen LogP contribution in [0.3, 0.4) is 0 Å². The van der Waals surface area contributed by atoms with Crippen molar-refractivity contribution in [1.82, 2.24) is 10.6 Å². The first-order valence-corrected chi connectivity index (χ1v) is 13.5. The third-order valence-electron chi connectivity index (χ3n) is 7.07. The zero-order chi connectivity index (χ0) is 24.8. The molecule has 0 aromatic heterocycles. The van der Waals surface area contributed by atoms with Gasteiger partial charge in [0.2, 0.25) is 5.91 Å². The Morgan fingerprint density at radius 1 is 1.06 bits per heavy atom. The molecule has 0 heterocycles. The zero-order valence-electron chi connectivity index (χ0n) is 19.9. The molecule has 0 aliphatic heterocycles. The smallest absolute Gasteiger partial charge is 0.407 e. The number of ether oxygens (including phenoxy) is 1. The van der Waals surface area contributed by atoms with E-state index in [1.807, 2.05) is 30.5 Å². The number of aliphatic carboxylic acids is 1. The molecule has 3 N–H and O–H groups in total. The van der Waals surface area contributed by atoms with E-state index in [9.17, 15) is 19.5 Å². The van der Waals surface area contributed by atoms with Crippen LogP contribution in [-0.2, 0) is 14.3 Å². The van der Waals surface area contributed by atoms with Gasteiger partial charge in [-0.05, 0) is 59.4 Å². The van der Waals surface area contributed by atoms with Crippen molar-refractivity contribution in [3.8, 4) is 11.1 Å². The van der Waals surface area contributed by atoms with Crippen molar-refractivity contribution in [2.45, 2.75) is 37.6 Å². The second-order valence-electron chi connectivity index (χ2n) is 9.18. The molecule has 35 heavy (non-hydrogen) atoms. The minimum absolute atomic E-state index is 0.00704. The van der Waals surface area contributed by atoms with E-state index in [2.05, 4.69) is 34.9 Å². The number of thioether (sulfide) groups is 1. The van der Waals surface area contributed by atoms with Gasteiger partial charge in [0.1, 0.15) is 12.6 Å². The highest BCUT2D eigenvalue weighted by atomic mass is 32.2. The van der Waals surface area contributed by atoms with Gasteiger partial charge in [0, 0.05) is 18.4 Å². The molecule has 0 bridgehead atoms. The predicted octanol–water partition coefficient (Wildman–Crippen LogP) is 4.26. The Morgan fingerprint density at radius 3 is 2.34 bits per heavy atom. The number of carboxylic acids is 1. The fraction of sp³-hybridized carbons (Fsp3) is 0.444. The van der Waals surface area contributed by atoms with Crippen molar-refractivity contribution >= 4 is 29.7 Å². The minimum Gasteiger partial charge on any atom is -0.480 e. The molecule has 0 radical (unpaired) electrons. The Kier molecular flexibility index (Phi) is 8.33. The van der Waals surface area contributed by atoms with E-state index in [1.165, 1.54) is 11.1 Å². The highest BCUT2D eigenvalue weighted by Gasteiger charge is 2.35. The summed E-state index contributed by atoms with van der Waals surface area (Å²) in [5.41, 5.74) is 4.66. The fourth-order valence-corrected chi connectivity index (χ4v) is 5.73. The van der Waals surface area contributed by atoms with Gasteiger partial charge in [-0.15, -0.1) is 0 Å². The molecule has 1 saturated carbocycles. The summed E-state index contributed by atoms with van der Waals surface area (Å²) in [5, 5.41) is 14.9. The Labute approximate surface area is 210 Å². The van der Waals surface area contributed by atoms with E-state index in [-0.39, 0.29) is 30.3 Å². The lowest BCUT2D eigenvalue weighted by atomic mass is 9.94. The van der Waals surface area contributed by atoms with Crippen molar-refractivity contribution in [2.75, 3.05) is 25.2 Å². The van der Waals surface area contributed by atoms with E-state index in [4.69, 9.17) is 4.74 Å². The molecule has 3 atom stereocenters. The fourth-order valence-electron chi connectivity index (χ4n) is 5.26. The predicted molar refractivity (Wildman–Crippen MR) is 136 cm³/mol. The van der Waals surface area contributed by atoms with Crippen molar-refractivity contribution in [1.29, 1.82) is 0 Å². The van der Waals surface area contributed by atoms with Crippen LogP contribution in [-0.4, -0.2) is 54.3 Å². The second kappa shape index (κ2) is 11.6. The highest BCUT2D eigenvalue weighted by molar-refractivity contribution is 7.98. The SMILES string of the molecule is CSCC[C@H](NC(=O)[C@H]1CCC[C@H]1CNC(=O)OCC1c2ccccc2-c2ccccc21)C(=O)O. The zero-order valence-corrected chi connectivity index (χ0v) is 20.7. The summed E-state index contributed by atoms with van der Waals surface area (Å²) in [4.78, 5) is 36.8. The summed E-state index contributed by atoms with van der Waals surface area (Å²) >= 11 is 1.55. The molecular weight excluding hydrogens is 464 g/mol. The van der Waals surface area contributed by atoms with Gasteiger partial charge in [0.25, 0.3) is 0 Å². The summed E-state index contributed by atoms with van der Waals surface area (Å²) in [6.45, 7) is 0.571. The average Bonchev–Trinajstić information content (AvgIpc) is 3.46. The monoisotopic (exact) mass is 496 g/mol. The molecule has 186 valence electrons. The topological polar surface area (TPSA) is 105 Å². The molecule has 4 rings (SSSR count). The van der Waals surface area contributed by atoms with Crippen LogP contribution in [0.15, 0.2) is 48.5 Å². The Bertz CT molecular complexity index is 1030. The number of hydrogen-bond donors (Lipinski definition) is 3. The van der Waals surface area contributed by atoms with Gasteiger partial charge in [-0.3, -0.25) is 4.79 Å². The van der Waals surface area contributed by atoms with Gasteiger partial charge >= 0.3 is 12.1 Å². The normalized spacial score (nSPS) is 19.5. The summed E-state index contributed by atoms with van der Waals surface area (Å²) < 4.78 is 5.60. The van der Waals surface area contributed by atoms with Crippen LogP contribution >= 0.6 is 11.8 Å². The number of amides is 2. The van der Waals surface area contributed by atoms with E-state index in [0.29, 0.717) is 25.1 Å². The first-order chi connectivity index (χ1) is 17.0. The van der Waals surface area contributed by atoms with Crippen LogP contribution in [0.4, 0.5) is 4.79 Å². The maximum absolute atomic E-state index is 12.8. The van der Waals surface area contributed by atoms with Crippen LogP contribution in [0.2, 0.25) is 0 Å². The molecule has 2 aromatic carbocycles. The molecular formula is C27H32N2O5S. The third-order valence-corrected chi connectivity index (χ3v) is 7.72. The second-order valence-corrected chi connectivity index (χ2v) is 10.2. The van der Waals surface area contributed by atoms with Gasteiger partial charge in [-0.25, -0.2) is 9.59 Å². The standard InChI is InChI=1S/C27H32N2O5S/c1-35-14-13-24(26(31)32)29-25(30)18-12-6-7-17(18)15-28-27(33)34-16-23-21-10-4-2-8-19(21)20-9-3-5-11-22(20)23/h2-5,8-11,17-18,23-24H,6-7,12-16H2,1H3,(H,28,33)(H,29,30)(H,31,32)/t17-,18-,24-/m0/s1. The number of carbonyl (C=O) groups is 3. The molecule has 8 heteroatoms. The molecule has 0 saturated heterocycles.